The molecular formula is C10H21ClN2O2. The first-order chi connectivity index (χ1) is 7.16. The molecule has 5 heteroatoms. The second-order valence-electron chi connectivity index (χ2n) is 3.56. The molecule has 0 unspecified atom stereocenters. The lowest BCUT2D eigenvalue weighted by Gasteiger charge is -2.10. The van der Waals surface area contributed by atoms with Crippen molar-refractivity contribution < 1.29 is 9.53 Å². The number of carbonyl (C=O) groups excluding carboxylic acids is 1. The predicted molar refractivity (Wildman–Crippen MR) is 62.3 cm³/mol. The second kappa shape index (κ2) is 10.2. The Balaban J connectivity index is 3.13. The summed E-state index contributed by atoms with van der Waals surface area (Å²) >= 11 is 5.47. The van der Waals surface area contributed by atoms with E-state index < -0.39 is 0 Å². The molecule has 0 aliphatic rings. The highest BCUT2D eigenvalue weighted by atomic mass is 35.5. The zero-order valence-corrected chi connectivity index (χ0v) is 10.3. The zero-order valence-electron chi connectivity index (χ0n) is 9.59. The van der Waals surface area contributed by atoms with Gasteiger partial charge in [-0.15, -0.1) is 11.6 Å². The number of hydrogen-bond acceptors (Lipinski definition) is 3. The standard InChI is InChI=1S/C10H21ClN2O2/c1-13(2)7-9-15-8-6-12-10(14)4-3-5-11/h3-9H2,1-2H3,(H,12,14). The average molecular weight is 237 g/mol. The monoisotopic (exact) mass is 236 g/mol. The van der Waals surface area contributed by atoms with E-state index in [4.69, 9.17) is 16.3 Å². The molecule has 4 nitrogen and oxygen atoms in total. The third kappa shape index (κ3) is 11.6. The molecule has 90 valence electrons. The Morgan fingerprint density at radius 3 is 2.73 bits per heavy atom. The van der Waals surface area contributed by atoms with Crippen molar-refractivity contribution >= 4 is 17.5 Å². The summed E-state index contributed by atoms with van der Waals surface area (Å²) in [4.78, 5) is 13.2. The number of nitrogens with one attached hydrogen (secondary N) is 1. The maximum atomic E-state index is 11.1. The summed E-state index contributed by atoms with van der Waals surface area (Å²) in [6, 6.07) is 0. The number of amides is 1. The van der Waals surface area contributed by atoms with Crippen molar-refractivity contribution in [3.63, 3.8) is 0 Å². The topological polar surface area (TPSA) is 41.6 Å². The van der Waals surface area contributed by atoms with Gasteiger partial charge in [0, 0.05) is 25.4 Å². The molecule has 0 aliphatic heterocycles. The van der Waals surface area contributed by atoms with Gasteiger partial charge in [0.05, 0.1) is 13.2 Å². The molecule has 1 N–H and O–H groups in total. The van der Waals surface area contributed by atoms with Crippen LogP contribution < -0.4 is 5.32 Å². The number of likely N-dealkylation sites (N-methyl/N-ethyl adjacent to an activating group) is 1. The normalized spacial score (nSPS) is 10.7. The molecule has 0 aromatic heterocycles. The van der Waals surface area contributed by atoms with E-state index in [2.05, 4.69) is 10.2 Å². The fourth-order valence-electron chi connectivity index (χ4n) is 0.928. The summed E-state index contributed by atoms with van der Waals surface area (Å²) < 4.78 is 5.32. The van der Waals surface area contributed by atoms with E-state index in [9.17, 15) is 4.79 Å². The van der Waals surface area contributed by atoms with Gasteiger partial charge < -0.3 is 15.0 Å². The minimum atomic E-state index is 0.0480. The summed E-state index contributed by atoms with van der Waals surface area (Å²) in [6.45, 7) is 2.75. The van der Waals surface area contributed by atoms with Crippen LogP contribution in [-0.2, 0) is 9.53 Å². The Morgan fingerprint density at radius 1 is 1.40 bits per heavy atom. The van der Waals surface area contributed by atoms with E-state index in [-0.39, 0.29) is 5.91 Å². The second-order valence-corrected chi connectivity index (χ2v) is 3.94. The number of nitrogens with zero attached hydrogens (tertiary/aromatic N) is 1. The largest absolute Gasteiger partial charge is 0.378 e. The fourth-order valence-corrected chi connectivity index (χ4v) is 1.06. The average Bonchev–Trinajstić information content (AvgIpc) is 2.19. The summed E-state index contributed by atoms with van der Waals surface area (Å²) in [7, 11) is 3.99. The van der Waals surface area contributed by atoms with Crippen LogP contribution in [0.3, 0.4) is 0 Å². The van der Waals surface area contributed by atoms with Crippen LogP contribution in [0.2, 0.25) is 0 Å². The van der Waals surface area contributed by atoms with Crippen LogP contribution in [0.5, 0.6) is 0 Å². The van der Waals surface area contributed by atoms with Crippen LogP contribution in [0.4, 0.5) is 0 Å². The van der Waals surface area contributed by atoms with Crippen molar-refractivity contribution in [2.45, 2.75) is 12.8 Å². The number of alkyl halides is 1. The molecule has 0 aromatic carbocycles. The van der Waals surface area contributed by atoms with Gasteiger partial charge in [-0.1, -0.05) is 0 Å². The SMILES string of the molecule is CN(C)CCOCCNC(=O)CCCCl. The van der Waals surface area contributed by atoms with Crippen LogP contribution in [0.25, 0.3) is 0 Å². The first kappa shape index (κ1) is 14.7. The zero-order chi connectivity index (χ0) is 11.5. The van der Waals surface area contributed by atoms with Gasteiger partial charge >= 0.3 is 0 Å². The maximum absolute atomic E-state index is 11.1. The highest BCUT2D eigenvalue weighted by molar-refractivity contribution is 6.17. The molecular weight excluding hydrogens is 216 g/mol. The fraction of sp³-hybridized carbons (Fsp3) is 0.900. The van der Waals surface area contributed by atoms with E-state index in [1.54, 1.807) is 0 Å². The van der Waals surface area contributed by atoms with Gasteiger partial charge in [-0.3, -0.25) is 4.79 Å². The molecule has 0 spiro atoms. The molecule has 0 heterocycles. The molecule has 0 atom stereocenters. The molecule has 0 rings (SSSR count). The Hall–Kier alpha value is -0.320. The Morgan fingerprint density at radius 2 is 2.13 bits per heavy atom. The number of halogens is 1. The lowest BCUT2D eigenvalue weighted by molar-refractivity contribution is -0.121. The minimum Gasteiger partial charge on any atom is -0.378 e. The van der Waals surface area contributed by atoms with Crippen molar-refractivity contribution in [3.05, 3.63) is 0 Å². The molecule has 0 radical (unpaired) electrons. The van der Waals surface area contributed by atoms with Crippen molar-refractivity contribution in [1.29, 1.82) is 0 Å². The highest BCUT2D eigenvalue weighted by Gasteiger charge is 1.99. The van der Waals surface area contributed by atoms with Gasteiger partial charge in [-0.25, -0.2) is 0 Å². The van der Waals surface area contributed by atoms with Gasteiger partial charge in [0.25, 0.3) is 0 Å². The third-order valence-corrected chi connectivity index (χ3v) is 2.06. The molecule has 0 aromatic rings. The highest BCUT2D eigenvalue weighted by Crippen LogP contribution is 1.90. The molecule has 1 amide bonds. The van der Waals surface area contributed by atoms with Crippen molar-refractivity contribution in [2.75, 3.05) is 46.3 Å². The molecule has 0 saturated carbocycles. The number of hydrogen-bond donors (Lipinski definition) is 1. The molecule has 0 bridgehead atoms. The predicted octanol–water partition coefficient (Wildman–Crippen LogP) is 0.700. The first-order valence-electron chi connectivity index (χ1n) is 5.22. The number of carbonyl (C=O) groups is 1. The van der Waals surface area contributed by atoms with Gasteiger partial charge in [0.1, 0.15) is 0 Å². The van der Waals surface area contributed by atoms with Crippen molar-refractivity contribution in [3.8, 4) is 0 Å². The summed E-state index contributed by atoms with van der Waals surface area (Å²) in [5.41, 5.74) is 0. The first-order valence-corrected chi connectivity index (χ1v) is 5.75. The van der Waals surface area contributed by atoms with Crippen LogP contribution in [0.15, 0.2) is 0 Å². The van der Waals surface area contributed by atoms with Gasteiger partial charge in [0.2, 0.25) is 5.91 Å². The lowest BCUT2D eigenvalue weighted by Crippen LogP contribution is -2.28. The molecule has 15 heavy (non-hydrogen) atoms. The van der Waals surface area contributed by atoms with Crippen LogP contribution in [0, 0.1) is 0 Å². The van der Waals surface area contributed by atoms with Crippen molar-refractivity contribution in [2.24, 2.45) is 0 Å². The molecule has 0 fully saturated rings. The number of ether oxygens (including phenoxy) is 1. The van der Waals surface area contributed by atoms with Crippen molar-refractivity contribution in [1.82, 2.24) is 10.2 Å². The molecule has 0 aliphatic carbocycles. The van der Waals surface area contributed by atoms with E-state index in [0.29, 0.717) is 32.1 Å². The van der Waals surface area contributed by atoms with Gasteiger partial charge in [-0.2, -0.15) is 0 Å². The van der Waals surface area contributed by atoms with Crippen LogP contribution in [0.1, 0.15) is 12.8 Å². The van der Waals surface area contributed by atoms with E-state index >= 15 is 0 Å². The quantitative estimate of drug-likeness (QED) is 0.473. The van der Waals surface area contributed by atoms with Crippen LogP contribution in [-0.4, -0.2) is 57.1 Å². The van der Waals surface area contributed by atoms with Gasteiger partial charge in [-0.05, 0) is 20.5 Å². The Labute approximate surface area is 96.9 Å². The lowest BCUT2D eigenvalue weighted by atomic mass is 10.3. The summed E-state index contributed by atoms with van der Waals surface area (Å²) in [5.74, 6) is 0.582. The summed E-state index contributed by atoms with van der Waals surface area (Å²) in [5, 5.41) is 2.77. The Bertz CT molecular complexity index is 166. The maximum Gasteiger partial charge on any atom is 0.220 e. The molecule has 0 saturated heterocycles. The third-order valence-electron chi connectivity index (χ3n) is 1.79. The van der Waals surface area contributed by atoms with E-state index in [1.165, 1.54) is 0 Å². The van der Waals surface area contributed by atoms with E-state index in [0.717, 1.165) is 13.0 Å². The minimum absolute atomic E-state index is 0.0480. The van der Waals surface area contributed by atoms with Crippen LogP contribution >= 0.6 is 11.6 Å². The number of rotatable bonds is 9. The Kier molecular flexibility index (Phi) is 9.99. The summed E-state index contributed by atoms with van der Waals surface area (Å²) in [6.07, 6.45) is 1.23. The van der Waals surface area contributed by atoms with E-state index in [1.807, 2.05) is 14.1 Å². The van der Waals surface area contributed by atoms with Gasteiger partial charge in [0.15, 0.2) is 0 Å². The smallest absolute Gasteiger partial charge is 0.220 e.